The van der Waals surface area contributed by atoms with Gasteiger partial charge in [-0.1, -0.05) is 35.9 Å². The first-order chi connectivity index (χ1) is 19.3. The van der Waals surface area contributed by atoms with Gasteiger partial charge in [0.05, 0.1) is 16.3 Å². The van der Waals surface area contributed by atoms with Gasteiger partial charge in [-0.15, -0.1) is 0 Å². The molecule has 0 saturated heterocycles. The second kappa shape index (κ2) is 11.3. The Hall–Kier alpha value is -5.22. The maximum absolute atomic E-state index is 12.8. The Balaban J connectivity index is 1.41. The monoisotopic (exact) mass is 555 g/mol. The van der Waals surface area contributed by atoms with Gasteiger partial charge in [-0.25, -0.2) is 9.48 Å². The molecule has 1 amide bonds. The highest BCUT2D eigenvalue weighted by Crippen LogP contribution is 2.27. The number of nitro benzene ring substituents is 1. The number of hydrogen-bond donors (Lipinski definition) is 3. The van der Waals surface area contributed by atoms with E-state index in [4.69, 9.17) is 11.6 Å². The fraction of sp³-hybridized carbons (Fsp3) is 0.0690. The van der Waals surface area contributed by atoms with Gasteiger partial charge < -0.3 is 15.4 Å². The minimum atomic E-state index is -1.16. The van der Waals surface area contributed by atoms with E-state index in [1.807, 2.05) is 24.3 Å². The van der Waals surface area contributed by atoms with Crippen molar-refractivity contribution in [2.45, 2.75) is 12.5 Å². The van der Waals surface area contributed by atoms with Gasteiger partial charge in [-0.05, 0) is 48.0 Å². The second-order valence-electron chi connectivity index (χ2n) is 8.96. The third-order valence-corrected chi connectivity index (χ3v) is 6.53. The van der Waals surface area contributed by atoms with Crippen molar-refractivity contribution in [2.24, 2.45) is 0 Å². The maximum Gasteiger partial charge on any atom is 0.326 e. The smallest absolute Gasteiger partial charge is 0.326 e. The Morgan fingerprint density at radius 1 is 1.12 bits per heavy atom. The number of nitro groups is 1. The molecule has 0 aliphatic carbocycles. The molecule has 1 unspecified atom stereocenters. The Morgan fingerprint density at radius 2 is 1.90 bits per heavy atom. The molecule has 2 aromatic heterocycles. The predicted octanol–water partition coefficient (Wildman–Crippen LogP) is 5.41. The summed E-state index contributed by atoms with van der Waals surface area (Å²) in [5.74, 6) is -1.76. The summed E-state index contributed by atoms with van der Waals surface area (Å²) in [6.07, 6.45) is 6.28. The molecule has 3 N–H and O–H groups in total. The Labute approximate surface area is 232 Å². The van der Waals surface area contributed by atoms with Crippen LogP contribution in [-0.2, 0) is 16.0 Å². The first-order valence-corrected chi connectivity index (χ1v) is 12.5. The van der Waals surface area contributed by atoms with E-state index in [9.17, 15) is 24.8 Å². The number of benzene rings is 3. The van der Waals surface area contributed by atoms with Crippen LogP contribution in [0.3, 0.4) is 0 Å². The zero-order chi connectivity index (χ0) is 28.2. The highest BCUT2D eigenvalue weighted by Gasteiger charge is 2.21. The zero-order valence-electron chi connectivity index (χ0n) is 20.8. The number of carboxylic acids is 1. The van der Waals surface area contributed by atoms with E-state index in [1.54, 1.807) is 53.5 Å². The molecule has 0 fully saturated rings. The summed E-state index contributed by atoms with van der Waals surface area (Å²) < 4.78 is 1.58. The maximum atomic E-state index is 12.8. The number of amides is 1. The lowest BCUT2D eigenvalue weighted by Crippen LogP contribution is -2.41. The van der Waals surface area contributed by atoms with Crippen molar-refractivity contribution in [3.05, 3.63) is 118 Å². The van der Waals surface area contributed by atoms with Gasteiger partial charge in [0.1, 0.15) is 6.04 Å². The molecule has 11 heteroatoms. The number of aliphatic carboxylic acids is 1. The molecule has 3 aromatic carbocycles. The van der Waals surface area contributed by atoms with Crippen molar-refractivity contribution in [3.63, 3.8) is 0 Å². The molecule has 0 spiro atoms. The van der Waals surface area contributed by atoms with Crippen LogP contribution in [-0.4, -0.2) is 42.7 Å². The van der Waals surface area contributed by atoms with Crippen LogP contribution >= 0.6 is 11.6 Å². The van der Waals surface area contributed by atoms with Crippen molar-refractivity contribution in [1.82, 2.24) is 20.1 Å². The second-order valence-corrected chi connectivity index (χ2v) is 9.39. The van der Waals surface area contributed by atoms with E-state index in [1.165, 1.54) is 24.3 Å². The molecule has 0 saturated carbocycles. The number of carboxylic acid groups (broad SMARTS) is 1. The van der Waals surface area contributed by atoms with E-state index < -0.39 is 22.8 Å². The minimum absolute atomic E-state index is 0.0654. The van der Waals surface area contributed by atoms with Crippen molar-refractivity contribution in [3.8, 4) is 16.9 Å². The third-order valence-electron chi connectivity index (χ3n) is 6.29. The van der Waals surface area contributed by atoms with Gasteiger partial charge >= 0.3 is 5.97 Å². The number of halogens is 1. The molecule has 5 rings (SSSR count). The van der Waals surface area contributed by atoms with Crippen LogP contribution in [0, 0.1) is 10.1 Å². The number of aromatic amines is 1. The van der Waals surface area contributed by atoms with Crippen LogP contribution in [0.25, 0.3) is 33.9 Å². The largest absolute Gasteiger partial charge is 0.480 e. The average Bonchev–Trinajstić information content (AvgIpc) is 3.56. The van der Waals surface area contributed by atoms with Gasteiger partial charge in [0.15, 0.2) is 0 Å². The van der Waals surface area contributed by atoms with Crippen molar-refractivity contribution >= 4 is 46.1 Å². The first kappa shape index (κ1) is 26.4. The average molecular weight is 556 g/mol. The molecule has 5 aromatic rings. The molecule has 200 valence electrons. The third kappa shape index (κ3) is 5.77. The van der Waals surface area contributed by atoms with Crippen LogP contribution in [0.1, 0.15) is 11.1 Å². The summed E-state index contributed by atoms with van der Waals surface area (Å²) in [5, 5.41) is 29.4. The molecule has 40 heavy (non-hydrogen) atoms. The van der Waals surface area contributed by atoms with Gasteiger partial charge in [-0.3, -0.25) is 14.9 Å². The molecule has 0 aliphatic rings. The van der Waals surface area contributed by atoms with Crippen LogP contribution in [0.5, 0.6) is 0 Å². The summed E-state index contributed by atoms with van der Waals surface area (Å²) in [7, 11) is 0. The molecular weight excluding hydrogens is 534 g/mol. The van der Waals surface area contributed by atoms with Gasteiger partial charge in [0, 0.05) is 64.1 Å². The summed E-state index contributed by atoms with van der Waals surface area (Å²) in [6, 6.07) is 19.3. The minimum Gasteiger partial charge on any atom is -0.480 e. The standard InChI is InChI=1S/C29H22ClN5O5/c30-21-4-3-5-23(15-21)34-17-19(28(33-34)18-8-11-22(12-9-18)35(39)40)10-13-27(36)32-26(29(37)38)14-20-16-31-25-7-2-1-6-24(20)25/h1-13,15-17,26,31H,14H2,(H,32,36)(H,37,38)/b13-10+. The lowest BCUT2D eigenvalue weighted by atomic mass is 10.0. The topological polar surface area (TPSA) is 143 Å². The SMILES string of the molecule is O=C(/C=C/c1cn(-c2cccc(Cl)c2)nc1-c1ccc([N+](=O)[O-])cc1)NC(Cc1c[nH]c2ccccc12)C(=O)O. The van der Waals surface area contributed by atoms with Gasteiger partial charge in [0.25, 0.3) is 5.69 Å². The highest BCUT2D eigenvalue weighted by molar-refractivity contribution is 6.30. The number of para-hydroxylation sites is 1. The van der Waals surface area contributed by atoms with E-state index in [-0.39, 0.29) is 12.1 Å². The number of nitrogens with zero attached hydrogens (tertiary/aromatic N) is 3. The first-order valence-electron chi connectivity index (χ1n) is 12.2. The van der Waals surface area contributed by atoms with Crippen molar-refractivity contribution < 1.29 is 19.6 Å². The number of carbonyl (C=O) groups excluding carboxylic acids is 1. The number of nitrogens with one attached hydrogen (secondary N) is 2. The number of H-pyrrole nitrogens is 1. The molecule has 10 nitrogen and oxygen atoms in total. The van der Waals surface area contributed by atoms with Crippen LogP contribution in [0.15, 0.2) is 91.3 Å². The van der Waals surface area contributed by atoms with E-state index >= 15 is 0 Å². The van der Waals surface area contributed by atoms with Crippen LogP contribution < -0.4 is 5.32 Å². The summed E-state index contributed by atoms with van der Waals surface area (Å²) in [4.78, 5) is 38.5. The Morgan fingerprint density at radius 3 is 2.62 bits per heavy atom. The van der Waals surface area contributed by atoms with Crippen LogP contribution in [0.4, 0.5) is 5.69 Å². The van der Waals surface area contributed by atoms with E-state index in [2.05, 4.69) is 15.4 Å². The molecule has 2 heterocycles. The predicted molar refractivity (Wildman–Crippen MR) is 151 cm³/mol. The molecule has 0 aliphatic heterocycles. The fourth-order valence-electron chi connectivity index (χ4n) is 4.33. The number of aromatic nitrogens is 3. The normalized spacial score (nSPS) is 12.0. The summed E-state index contributed by atoms with van der Waals surface area (Å²) in [5.41, 5.74) is 3.85. The molecule has 1 atom stereocenters. The number of carbonyl (C=O) groups is 2. The molecule has 0 radical (unpaired) electrons. The Kier molecular flexibility index (Phi) is 7.43. The summed E-state index contributed by atoms with van der Waals surface area (Å²) >= 11 is 6.14. The molecule has 0 bridgehead atoms. The van der Waals surface area contributed by atoms with Crippen LogP contribution in [0.2, 0.25) is 5.02 Å². The number of non-ortho nitro benzene ring substituents is 1. The quantitative estimate of drug-likeness (QED) is 0.126. The Bertz CT molecular complexity index is 1760. The number of fused-ring (bicyclic) bond motifs is 1. The van der Waals surface area contributed by atoms with E-state index in [0.717, 1.165) is 16.5 Å². The number of hydrogen-bond acceptors (Lipinski definition) is 5. The highest BCUT2D eigenvalue weighted by atomic mass is 35.5. The molecular formula is C29H22ClN5O5. The summed E-state index contributed by atoms with van der Waals surface area (Å²) in [6.45, 7) is 0. The number of rotatable bonds is 9. The lowest BCUT2D eigenvalue weighted by molar-refractivity contribution is -0.384. The van der Waals surface area contributed by atoms with Crippen molar-refractivity contribution in [1.29, 1.82) is 0 Å². The van der Waals surface area contributed by atoms with Gasteiger partial charge in [0.2, 0.25) is 5.91 Å². The van der Waals surface area contributed by atoms with Gasteiger partial charge in [-0.2, -0.15) is 5.10 Å². The van der Waals surface area contributed by atoms with Crippen molar-refractivity contribution in [2.75, 3.05) is 0 Å². The lowest BCUT2D eigenvalue weighted by Gasteiger charge is -2.12. The van der Waals surface area contributed by atoms with E-state index in [0.29, 0.717) is 27.5 Å². The zero-order valence-corrected chi connectivity index (χ0v) is 21.6. The fourth-order valence-corrected chi connectivity index (χ4v) is 4.52.